The van der Waals surface area contributed by atoms with Crippen molar-refractivity contribution in [3.05, 3.63) is 48.0 Å². The van der Waals surface area contributed by atoms with Gasteiger partial charge in [0.25, 0.3) is 0 Å². The van der Waals surface area contributed by atoms with Crippen LogP contribution < -0.4 is 10.5 Å². The number of H-pyrrole nitrogens is 1. The average Bonchev–Trinajstić information content (AvgIpc) is 2.91. The van der Waals surface area contributed by atoms with Crippen LogP contribution in [0.1, 0.15) is 5.56 Å². The molecule has 0 bridgehead atoms. The molecule has 0 aliphatic carbocycles. The van der Waals surface area contributed by atoms with Crippen molar-refractivity contribution in [2.75, 3.05) is 13.7 Å². The standard InChI is InChI=1S/C16H17N3O/c1-20-13-5-3-12(4-6-13)16-18-14-7-2-11(8-9-17)10-15(14)19-16/h2-7,10H,8-9,17H2,1H3,(H,18,19). The molecule has 1 aromatic heterocycles. The Balaban J connectivity index is 1.98. The summed E-state index contributed by atoms with van der Waals surface area (Å²) in [4.78, 5) is 7.97. The average molecular weight is 267 g/mol. The highest BCUT2D eigenvalue weighted by Crippen LogP contribution is 2.23. The molecular weight excluding hydrogens is 250 g/mol. The first-order valence-electron chi connectivity index (χ1n) is 6.63. The molecule has 0 unspecified atom stereocenters. The van der Waals surface area contributed by atoms with E-state index in [0.717, 1.165) is 34.6 Å². The number of hydrogen-bond donors (Lipinski definition) is 2. The van der Waals surface area contributed by atoms with Crippen molar-refractivity contribution in [2.24, 2.45) is 5.73 Å². The zero-order valence-corrected chi connectivity index (χ0v) is 11.4. The van der Waals surface area contributed by atoms with Crippen molar-refractivity contribution in [3.8, 4) is 17.1 Å². The largest absolute Gasteiger partial charge is 0.497 e. The molecule has 0 radical (unpaired) electrons. The second-order valence-corrected chi connectivity index (χ2v) is 4.70. The predicted molar refractivity (Wildman–Crippen MR) is 80.8 cm³/mol. The highest BCUT2D eigenvalue weighted by molar-refractivity contribution is 5.80. The Morgan fingerprint density at radius 2 is 1.95 bits per heavy atom. The third kappa shape index (κ3) is 2.38. The fourth-order valence-corrected chi connectivity index (χ4v) is 2.26. The number of nitrogens with two attached hydrogens (primary N) is 1. The van der Waals surface area contributed by atoms with Crippen molar-refractivity contribution in [2.45, 2.75) is 6.42 Å². The van der Waals surface area contributed by atoms with Gasteiger partial charge < -0.3 is 15.5 Å². The Hall–Kier alpha value is -2.33. The maximum absolute atomic E-state index is 5.59. The van der Waals surface area contributed by atoms with Gasteiger partial charge in [-0.3, -0.25) is 0 Å². The molecule has 0 saturated heterocycles. The molecule has 0 aliphatic rings. The lowest BCUT2D eigenvalue weighted by Crippen LogP contribution is -2.02. The van der Waals surface area contributed by atoms with E-state index in [1.54, 1.807) is 7.11 Å². The van der Waals surface area contributed by atoms with Crippen LogP contribution in [0.4, 0.5) is 0 Å². The zero-order valence-electron chi connectivity index (χ0n) is 11.4. The van der Waals surface area contributed by atoms with Gasteiger partial charge in [-0.15, -0.1) is 0 Å². The van der Waals surface area contributed by atoms with E-state index in [-0.39, 0.29) is 0 Å². The molecule has 3 N–H and O–H groups in total. The van der Waals surface area contributed by atoms with Crippen LogP contribution in [0.25, 0.3) is 22.4 Å². The highest BCUT2D eigenvalue weighted by Gasteiger charge is 2.06. The van der Waals surface area contributed by atoms with E-state index < -0.39 is 0 Å². The van der Waals surface area contributed by atoms with Gasteiger partial charge in [-0.1, -0.05) is 6.07 Å². The van der Waals surface area contributed by atoms with Gasteiger partial charge in [0.05, 0.1) is 18.1 Å². The van der Waals surface area contributed by atoms with E-state index in [0.29, 0.717) is 6.54 Å². The van der Waals surface area contributed by atoms with E-state index in [2.05, 4.69) is 22.1 Å². The maximum Gasteiger partial charge on any atom is 0.138 e. The molecular formula is C16H17N3O. The lowest BCUT2D eigenvalue weighted by molar-refractivity contribution is 0.415. The molecule has 0 fully saturated rings. The SMILES string of the molecule is COc1ccc(-c2nc3ccc(CCN)cc3[nH]2)cc1. The summed E-state index contributed by atoms with van der Waals surface area (Å²) in [5.74, 6) is 1.71. The van der Waals surface area contributed by atoms with Crippen LogP contribution in [-0.4, -0.2) is 23.6 Å². The fraction of sp³-hybridized carbons (Fsp3) is 0.188. The topological polar surface area (TPSA) is 63.9 Å². The van der Waals surface area contributed by atoms with E-state index in [4.69, 9.17) is 10.5 Å². The highest BCUT2D eigenvalue weighted by atomic mass is 16.5. The van der Waals surface area contributed by atoms with E-state index in [9.17, 15) is 0 Å². The number of imidazole rings is 1. The van der Waals surface area contributed by atoms with Crippen LogP contribution >= 0.6 is 0 Å². The van der Waals surface area contributed by atoms with Gasteiger partial charge in [-0.05, 0) is 54.9 Å². The normalized spacial score (nSPS) is 10.9. The van der Waals surface area contributed by atoms with Gasteiger partial charge in [0.15, 0.2) is 0 Å². The Bertz CT molecular complexity index is 716. The van der Waals surface area contributed by atoms with Crippen LogP contribution in [0.15, 0.2) is 42.5 Å². The summed E-state index contributed by atoms with van der Waals surface area (Å²) in [7, 11) is 1.66. The van der Waals surface area contributed by atoms with Crippen molar-refractivity contribution in [3.63, 3.8) is 0 Å². The first kappa shape index (κ1) is 12.7. The van der Waals surface area contributed by atoms with Gasteiger partial charge in [0, 0.05) is 5.56 Å². The number of ether oxygens (including phenoxy) is 1. The number of aromatic nitrogens is 2. The number of benzene rings is 2. The second kappa shape index (κ2) is 5.35. The quantitative estimate of drug-likeness (QED) is 0.764. The van der Waals surface area contributed by atoms with Crippen LogP contribution in [0, 0.1) is 0 Å². The lowest BCUT2D eigenvalue weighted by Gasteiger charge is -2.00. The summed E-state index contributed by atoms with van der Waals surface area (Å²) in [5.41, 5.74) is 9.87. The molecule has 0 aliphatic heterocycles. The minimum Gasteiger partial charge on any atom is -0.497 e. The summed E-state index contributed by atoms with van der Waals surface area (Å²) in [6.07, 6.45) is 0.882. The molecule has 102 valence electrons. The number of nitrogens with one attached hydrogen (secondary N) is 1. The number of rotatable bonds is 4. The van der Waals surface area contributed by atoms with Crippen molar-refractivity contribution in [1.82, 2.24) is 9.97 Å². The molecule has 1 heterocycles. The summed E-state index contributed by atoms with van der Waals surface area (Å²) in [6, 6.07) is 14.1. The zero-order chi connectivity index (χ0) is 13.9. The molecule has 3 rings (SSSR count). The number of fused-ring (bicyclic) bond motifs is 1. The molecule has 20 heavy (non-hydrogen) atoms. The molecule has 2 aromatic carbocycles. The minimum absolute atomic E-state index is 0.658. The Morgan fingerprint density at radius 1 is 1.15 bits per heavy atom. The van der Waals surface area contributed by atoms with E-state index in [1.807, 2.05) is 30.3 Å². The summed E-state index contributed by atoms with van der Waals surface area (Å²) in [6.45, 7) is 0.658. The van der Waals surface area contributed by atoms with E-state index in [1.165, 1.54) is 5.56 Å². The monoisotopic (exact) mass is 267 g/mol. The number of methoxy groups -OCH3 is 1. The van der Waals surface area contributed by atoms with Gasteiger partial charge in [-0.25, -0.2) is 4.98 Å². The summed E-state index contributed by atoms with van der Waals surface area (Å²) in [5, 5.41) is 0. The maximum atomic E-state index is 5.59. The second-order valence-electron chi connectivity index (χ2n) is 4.70. The first-order valence-corrected chi connectivity index (χ1v) is 6.63. The van der Waals surface area contributed by atoms with Crippen molar-refractivity contribution in [1.29, 1.82) is 0 Å². The summed E-state index contributed by atoms with van der Waals surface area (Å²) < 4.78 is 5.16. The molecule has 0 spiro atoms. The first-order chi connectivity index (χ1) is 9.80. The van der Waals surface area contributed by atoms with Gasteiger partial charge >= 0.3 is 0 Å². The smallest absolute Gasteiger partial charge is 0.138 e. The number of aromatic amines is 1. The molecule has 0 saturated carbocycles. The third-order valence-electron chi connectivity index (χ3n) is 3.34. The van der Waals surface area contributed by atoms with Crippen LogP contribution in [-0.2, 0) is 6.42 Å². The van der Waals surface area contributed by atoms with Gasteiger partial charge in [-0.2, -0.15) is 0 Å². The van der Waals surface area contributed by atoms with Crippen molar-refractivity contribution < 1.29 is 4.74 Å². The molecule has 4 heteroatoms. The van der Waals surface area contributed by atoms with Crippen LogP contribution in [0.5, 0.6) is 5.75 Å². The molecule has 0 atom stereocenters. The van der Waals surface area contributed by atoms with Crippen LogP contribution in [0.2, 0.25) is 0 Å². The van der Waals surface area contributed by atoms with Gasteiger partial charge in [0.2, 0.25) is 0 Å². The fourth-order valence-electron chi connectivity index (χ4n) is 2.26. The van der Waals surface area contributed by atoms with Crippen LogP contribution in [0.3, 0.4) is 0 Å². The minimum atomic E-state index is 0.658. The molecule has 0 amide bonds. The molecule has 3 aromatic rings. The van der Waals surface area contributed by atoms with Gasteiger partial charge in [0.1, 0.15) is 11.6 Å². The lowest BCUT2D eigenvalue weighted by atomic mass is 10.1. The number of hydrogen-bond acceptors (Lipinski definition) is 3. The number of nitrogens with zero attached hydrogens (tertiary/aromatic N) is 1. The Labute approximate surface area is 117 Å². The molecule has 4 nitrogen and oxygen atoms in total. The predicted octanol–water partition coefficient (Wildman–Crippen LogP) is 2.74. The van der Waals surface area contributed by atoms with E-state index >= 15 is 0 Å². The Kier molecular flexibility index (Phi) is 3.39. The van der Waals surface area contributed by atoms with Crippen molar-refractivity contribution >= 4 is 11.0 Å². The third-order valence-corrected chi connectivity index (χ3v) is 3.34. The summed E-state index contributed by atoms with van der Waals surface area (Å²) >= 11 is 0. The Morgan fingerprint density at radius 3 is 2.65 bits per heavy atom.